The predicted octanol–water partition coefficient (Wildman–Crippen LogP) is 3.88. The topological polar surface area (TPSA) is 24.1 Å². The second-order valence-corrected chi connectivity index (χ2v) is 6.79. The zero-order chi connectivity index (χ0) is 14.3. The van der Waals surface area contributed by atoms with Crippen LogP contribution in [-0.4, -0.2) is 19.5 Å². The molecule has 0 radical (unpaired) electrons. The van der Waals surface area contributed by atoms with Crippen LogP contribution < -0.4 is 10.6 Å². The Morgan fingerprint density at radius 2 is 2.10 bits per heavy atom. The number of anilines is 1. The van der Waals surface area contributed by atoms with Crippen LogP contribution in [0.3, 0.4) is 0 Å². The van der Waals surface area contributed by atoms with Crippen LogP contribution >= 0.6 is 11.3 Å². The molecule has 1 unspecified atom stereocenters. The van der Waals surface area contributed by atoms with E-state index in [4.69, 9.17) is 0 Å². The van der Waals surface area contributed by atoms with E-state index in [1.165, 1.54) is 23.3 Å². The third kappa shape index (κ3) is 2.43. The summed E-state index contributed by atoms with van der Waals surface area (Å²) >= 11 is 1.78. The van der Waals surface area contributed by atoms with Crippen molar-refractivity contribution in [3.63, 3.8) is 0 Å². The highest BCUT2D eigenvalue weighted by Crippen LogP contribution is 2.48. The fourth-order valence-electron chi connectivity index (χ4n) is 2.89. The molecule has 1 atom stereocenters. The Balaban J connectivity index is 1.75. The molecule has 2 N–H and O–H groups in total. The molecule has 0 spiro atoms. The van der Waals surface area contributed by atoms with Crippen molar-refractivity contribution in [2.24, 2.45) is 5.92 Å². The van der Waals surface area contributed by atoms with Crippen molar-refractivity contribution in [3.8, 4) is 0 Å². The average Bonchev–Trinajstić information content (AvgIpc) is 2.88. The summed E-state index contributed by atoms with van der Waals surface area (Å²) in [5.74, 6) is -2.99. The van der Waals surface area contributed by atoms with E-state index in [0.29, 0.717) is 6.54 Å². The van der Waals surface area contributed by atoms with Gasteiger partial charge in [0, 0.05) is 42.1 Å². The maximum atomic E-state index is 12.9. The Hall–Kier alpha value is -1.10. The minimum atomic E-state index is -2.47. The number of thiophene rings is 1. The van der Waals surface area contributed by atoms with Gasteiger partial charge in [0.05, 0.1) is 5.00 Å². The highest BCUT2D eigenvalue weighted by Gasteiger charge is 2.56. The van der Waals surface area contributed by atoms with Gasteiger partial charge in [-0.15, -0.1) is 11.3 Å². The molecule has 0 amide bonds. The van der Waals surface area contributed by atoms with E-state index in [2.05, 4.69) is 17.2 Å². The molecule has 5 heteroatoms. The third-order valence-corrected chi connectivity index (χ3v) is 5.53. The van der Waals surface area contributed by atoms with Gasteiger partial charge in [-0.2, -0.15) is 0 Å². The van der Waals surface area contributed by atoms with Crippen LogP contribution in [0.5, 0.6) is 0 Å². The van der Waals surface area contributed by atoms with Gasteiger partial charge in [-0.05, 0) is 31.2 Å². The number of hydrogen-bond acceptors (Lipinski definition) is 3. The third-order valence-electron chi connectivity index (χ3n) is 4.22. The van der Waals surface area contributed by atoms with Crippen molar-refractivity contribution in [2.45, 2.75) is 38.0 Å². The molecule has 1 aromatic rings. The molecule has 1 aromatic heterocycles. The monoisotopic (exact) mass is 298 g/mol. The first kappa shape index (κ1) is 13.9. The Morgan fingerprint density at radius 3 is 2.75 bits per heavy atom. The summed E-state index contributed by atoms with van der Waals surface area (Å²) in [6.45, 7) is 4.39. The van der Waals surface area contributed by atoms with Crippen LogP contribution in [-0.2, 0) is 12.8 Å². The Bertz CT molecular complexity index is 536. The number of halogens is 2. The van der Waals surface area contributed by atoms with Crippen molar-refractivity contribution in [3.05, 3.63) is 22.6 Å². The summed E-state index contributed by atoms with van der Waals surface area (Å²) in [5.41, 5.74) is 3.28. The smallest absolute Gasteiger partial charge is 0.253 e. The number of nitrogens with one attached hydrogen (secondary N) is 2. The Labute approximate surface area is 122 Å². The molecule has 110 valence electrons. The molecular formula is C15H20F2N2S. The van der Waals surface area contributed by atoms with Crippen LogP contribution in [0.4, 0.5) is 13.8 Å². The van der Waals surface area contributed by atoms with Gasteiger partial charge in [0.25, 0.3) is 5.92 Å². The zero-order valence-corrected chi connectivity index (χ0v) is 12.5. The van der Waals surface area contributed by atoms with Crippen molar-refractivity contribution in [1.82, 2.24) is 5.32 Å². The summed E-state index contributed by atoms with van der Waals surface area (Å²) in [6.07, 6.45) is 4.65. The lowest BCUT2D eigenvalue weighted by Gasteiger charge is -2.16. The van der Waals surface area contributed by atoms with E-state index in [1.807, 2.05) is 7.05 Å². The Morgan fingerprint density at radius 1 is 1.40 bits per heavy atom. The normalized spacial score (nSPS) is 23.1. The fourth-order valence-corrected chi connectivity index (χ4v) is 4.16. The summed E-state index contributed by atoms with van der Waals surface area (Å²) in [5, 5.41) is 7.45. The van der Waals surface area contributed by atoms with E-state index >= 15 is 0 Å². The van der Waals surface area contributed by atoms with Crippen molar-refractivity contribution in [1.29, 1.82) is 0 Å². The van der Waals surface area contributed by atoms with Crippen LogP contribution in [0.2, 0.25) is 0 Å². The van der Waals surface area contributed by atoms with Crippen molar-refractivity contribution in [2.75, 3.05) is 18.9 Å². The zero-order valence-electron chi connectivity index (χ0n) is 11.7. The molecular weight excluding hydrogens is 278 g/mol. The predicted molar refractivity (Wildman–Crippen MR) is 80.6 cm³/mol. The minimum Gasteiger partial charge on any atom is -0.384 e. The maximum absolute atomic E-state index is 12.9. The molecule has 1 fully saturated rings. The van der Waals surface area contributed by atoms with E-state index in [9.17, 15) is 8.78 Å². The molecule has 0 bridgehead atoms. The maximum Gasteiger partial charge on any atom is 0.253 e. The number of alkyl halides is 2. The first-order chi connectivity index (χ1) is 9.53. The fraction of sp³-hybridized carbons (Fsp3) is 0.600. The molecule has 1 heterocycles. The lowest BCUT2D eigenvalue weighted by Crippen LogP contribution is -2.18. The highest BCUT2D eigenvalue weighted by molar-refractivity contribution is 7.16. The molecule has 2 aliphatic rings. The van der Waals surface area contributed by atoms with Crippen LogP contribution in [0.15, 0.2) is 6.58 Å². The molecule has 2 aliphatic carbocycles. The second kappa shape index (κ2) is 5.02. The average molecular weight is 298 g/mol. The van der Waals surface area contributed by atoms with Gasteiger partial charge in [-0.1, -0.05) is 6.58 Å². The number of aryl methyl sites for hydroxylation is 1. The van der Waals surface area contributed by atoms with Gasteiger partial charge in [0.15, 0.2) is 0 Å². The molecule has 0 aromatic carbocycles. The van der Waals surface area contributed by atoms with Crippen molar-refractivity contribution >= 4 is 22.0 Å². The summed E-state index contributed by atoms with van der Waals surface area (Å²) in [7, 11) is 1.91. The lowest BCUT2D eigenvalue weighted by atomic mass is 9.94. The number of rotatable bonds is 5. The van der Waals surface area contributed by atoms with Crippen LogP contribution in [0.25, 0.3) is 5.70 Å². The molecule has 20 heavy (non-hydrogen) atoms. The van der Waals surface area contributed by atoms with Gasteiger partial charge in [-0.25, -0.2) is 8.78 Å². The minimum absolute atomic E-state index is 0.00785. The van der Waals surface area contributed by atoms with E-state index in [0.717, 1.165) is 29.1 Å². The molecule has 1 saturated carbocycles. The first-order valence-electron chi connectivity index (χ1n) is 7.16. The Kier molecular flexibility index (Phi) is 3.48. The van der Waals surface area contributed by atoms with E-state index in [-0.39, 0.29) is 6.42 Å². The summed E-state index contributed by atoms with van der Waals surface area (Å²) in [4.78, 5) is 1.43. The van der Waals surface area contributed by atoms with E-state index in [1.54, 1.807) is 11.3 Å². The number of fused-ring (bicyclic) bond motifs is 1. The highest BCUT2D eigenvalue weighted by atomic mass is 32.1. The summed E-state index contributed by atoms with van der Waals surface area (Å²) in [6, 6.07) is 0. The van der Waals surface area contributed by atoms with Crippen LogP contribution in [0, 0.1) is 5.92 Å². The van der Waals surface area contributed by atoms with Gasteiger partial charge in [0.1, 0.15) is 0 Å². The van der Waals surface area contributed by atoms with Gasteiger partial charge < -0.3 is 10.6 Å². The van der Waals surface area contributed by atoms with Gasteiger partial charge >= 0.3 is 0 Å². The van der Waals surface area contributed by atoms with Crippen LogP contribution in [0.1, 0.15) is 35.3 Å². The first-order valence-corrected chi connectivity index (χ1v) is 7.98. The molecule has 0 saturated heterocycles. The van der Waals surface area contributed by atoms with E-state index < -0.39 is 11.8 Å². The van der Waals surface area contributed by atoms with Gasteiger partial charge in [0.2, 0.25) is 0 Å². The SMILES string of the molecule is C=C(NCC1CC1(F)F)c1c(NC)sc2c1CCCC2. The molecule has 0 aliphatic heterocycles. The second-order valence-electron chi connectivity index (χ2n) is 5.69. The largest absolute Gasteiger partial charge is 0.384 e. The number of hydrogen-bond donors (Lipinski definition) is 2. The molecule has 3 rings (SSSR count). The van der Waals surface area contributed by atoms with Gasteiger partial charge in [-0.3, -0.25) is 0 Å². The lowest BCUT2D eigenvalue weighted by molar-refractivity contribution is 0.0995. The quantitative estimate of drug-likeness (QED) is 0.862. The van der Waals surface area contributed by atoms with Crippen molar-refractivity contribution < 1.29 is 8.78 Å². The standard InChI is InChI=1S/C15H20F2N2S/c1-9(19-8-10-7-15(10,16)17)13-11-5-3-4-6-12(11)20-14(13)18-2/h10,18-19H,1,3-8H2,2H3. The molecule has 2 nitrogen and oxygen atoms in total. The summed E-state index contributed by atoms with van der Waals surface area (Å²) < 4.78 is 25.9.